The average Bonchev–Trinajstić information content (AvgIpc) is 2.55. The van der Waals surface area contributed by atoms with Crippen molar-refractivity contribution < 1.29 is 10.2 Å². The molecule has 2 nitrogen and oxygen atoms in total. The Balaban J connectivity index is 2.31. The zero-order valence-electron chi connectivity index (χ0n) is 13.4. The lowest BCUT2D eigenvalue weighted by Gasteiger charge is -2.32. The minimum Gasteiger partial charge on any atom is -0.393 e. The van der Waals surface area contributed by atoms with Crippen molar-refractivity contribution in [2.24, 2.45) is 5.92 Å². The van der Waals surface area contributed by atoms with Gasteiger partial charge in [0.1, 0.15) is 0 Å². The standard InChI is InChI=1S/C20H26O2/c1-3-18(20(22)17-12-8-5-9-13-17)19(14-15(2)21)16-10-6-4-7-11-16/h4-13,15,18-22H,3,14H2,1-2H3. The summed E-state index contributed by atoms with van der Waals surface area (Å²) in [7, 11) is 0. The van der Waals surface area contributed by atoms with Crippen LogP contribution in [-0.2, 0) is 0 Å². The normalized spacial score (nSPS) is 16.7. The molecule has 118 valence electrons. The minimum absolute atomic E-state index is 0.0828. The van der Waals surface area contributed by atoms with E-state index in [1.54, 1.807) is 0 Å². The van der Waals surface area contributed by atoms with Crippen LogP contribution < -0.4 is 0 Å². The Labute approximate surface area is 133 Å². The number of rotatable bonds is 7. The largest absolute Gasteiger partial charge is 0.393 e. The van der Waals surface area contributed by atoms with E-state index in [0.717, 1.165) is 12.0 Å². The van der Waals surface area contributed by atoms with Crippen molar-refractivity contribution in [2.75, 3.05) is 0 Å². The average molecular weight is 298 g/mol. The quantitative estimate of drug-likeness (QED) is 0.800. The molecule has 2 rings (SSSR count). The molecular formula is C20H26O2. The van der Waals surface area contributed by atoms with Crippen molar-refractivity contribution in [1.82, 2.24) is 0 Å². The fourth-order valence-corrected chi connectivity index (χ4v) is 3.25. The third kappa shape index (κ3) is 4.19. The van der Waals surface area contributed by atoms with Crippen LogP contribution in [0.25, 0.3) is 0 Å². The summed E-state index contributed by atoms with van der Waals surface area (Å²) < 4.78 is 0. The third-order valence-electron chi connectivity index (χ3n) is 4.36. The summed E-state index contributed by atoms with van der Waals surface area (Å²) >= 11 is 0. The summed E-state index contributed by atoms with van der Waals surface area (Å²) in [6.45, 7) is 3.92. The van der Waals surface area contributed by atoms with Gasteiger partial charge >= 0.3 is 0 Å². The molecule has 0 saturated heterocycles. The van der Waals surface area contributed by atoms with E-state index in [2.05, 4.69) is 19.1 Å². The highest BCUT2D eigenvalue weighted by Crippen LogP contribution is 2.39. The van der Waals surface area contributed by atoms with Crippen molar-refractivity contribution >= 4 is 0 Å². The molecule has 0 fully saturated rings. The number of hydrogen-bond donors (Lipinski definition) is 2. The maximum atomic E-state index is 10.8. The molecule has 4 atom stereocenters. The summed E-state index contributed by atoms with van der Waals surface area (Å²) in [6, 6.07) is 20.0. The Hall–Kier alpha value is -1.64. The van der Waals surface area contributed by atoms with Gasteiger partial charge in [0.05, 0.1) is 12.2 Å². The van der Waals surface area contributed by atoms with Gasteiger partial charge in [-0.25, -0.2) is 0 Å². The molecule has 0 radical (unpaired) electrons. The van der Waals surface area contributed by atoms with Crippen LogP contribution in [0.4, 0.5) is 0 Å². The molecule has 0 bridgehead atoms. The molecule has 0 spiro atoms. The van der Waals surface area contributed by atoms with Gasteiger partial charge in [0, 0.05) is 0 Å². The first-order valence-electron chi connectivity index (χ1n) is 8.09. The topological polar surface area (TPSA) is 40.5 Å². The molecule has 0 aliphatic heterocycles. The Kier molecular flexibility index (Phi) is 6.17. The number of aliphatic hydroxyl groups is 2. The third-order valence-corrected chi connectivity index (χ3v) is 4.36. The predicted molar refractivity (Wildman–Crippen MR) is 90.7 cm³/mol. The van der Waals surface area contributed by atoms with Crippen LogP contribution in [0.15, 0.2) is 60.7 Å². The summed E-state index contributed by atoms with van der Waals surface area (Å²) in [6.07, 6.45) is 0.617. The maximum absolute atomic E-state index is 10.8. The molecule has 4 unspecified atom stereocenters. The molecule has 2 aromatic rings. The molecule has 0 aromatic heterocycles. The minimum atomic E-state index is -0.518. The highest BCUT2D eigenvalue weighted by atomic mass is 16.3. The van der Waals surface area contributed by atoms with Gasteiger partial charge < -0.3 is 10.2 Å². The van der Waals surface area contributed by atoms with Gasteiger partial charge in [0.25, 0.3) is 0 Å². The van der Waals surface area contributed by atoms with Gasteiger partial charge in [0.2, 0.25) is 0 Å². The summed E-state index contributed by atoms with van der Waals surface area (Å²) in [5.74, 6) is 0.223. The maximum Gasteiger partial charge on any atom is 0.0823 e. The Morgan fingerprint density at radius 2 is 1.32 bits per heavy atom. The lowest BCUT2D eigenvalue weighted by Crippen LogP contribution is -2.23. The molecule has 2 N–H and O–H groups in total. The Morgan fingerprint density at radius 3 is 1.77 bits per heavy atom. The first-order chi connectivity index (χ1) is 10.6. The van der Waals surface area contributed by atoms with Gasteiger partial charge in [-0.1, -0.05) is 67.6 Å². The van der Waals surface area contributed by atoms with E-state index in [1.165, 1.54) is 5.56 Å². The molecule has 2 heteroatoms. The van der Waals surface area contributed by atoms with E-state index in [4.69, 9.17) is 0 Å². The van der Waals surface area contributed by atoms with Crippen molar-refractivity contribution in [1.29, 1.82) is 0 Å². The molecule has 2 aromatic carbocycles. The number of hydrogen-bond acceptors (Lipinski definition) is 2. The lowest BCUT2D eigenvalue weighted by molar-refractivity contribution is 0.0711. The summed E-state index contributed by atoms with van der Waals surface area (Å²) in [4.78, 5) is 0. The Morgan fingerprint density at radius 1 is 0.818 bits per heavy atom. The number of benzene rings is 2. The smallest absolute Gasteiger partial charge is 0.0823 e. The second kappa shape index (κ2) is 8.11. The van der Waals surface area contributed by atoms with Crippen LogP contribution >= 0.6 is 0 Å². The fourth-order valence-electron chi connectivity index (χ4n) is 3.25. The van der Waals surface area contributed by atoms with Crippen molar-refractivity contribution in [3.05, 3.63) is 71.8 Å². The molecule has 0 aliphatic carbocycles. The van der Waals surface area contributed by atoms with E-state index >= 15 is 0 Å². The summed E-state index contributed by atoms with van der Waals surface area (Å²) in [5, 5.41) is 20.7. The molecule has 0 aliphatic rings. The molecule has 0 heterocycles. The van der Waals surface area contributed by atoms with Gasteiger partial charge in [-0.05, 0) is 42.7 Å². The van der Waals surface area contributed by atoms with E-state index in [0.29, 0.717) is 6.42 Å². The first-order valence-corrected chi connectivity index (χ1v) is 8.09. The van der Waals surface area contributed by atoms with Crippen LogP contribution in [0.1, 0.15) is 49.8 Å². The van der Waals surface area contributed by atoms with Crippen molar-refractivity contribution in [3.8, 4) is 0 Å². The van der Waals surface area contributed by atoms with E-state index in [-0.39, 0.29) is 17.9 Å². The fraction of sp³-hybridized carbons (Fsp3) is 0.400. The molecular weight excluding hydrogens is 272 g/mol. The molecule has 22 heavy (non-hydrogen) atoms. The van der Waals surface area contributed by atoms with Gasteiger partial charge in [-0.2, -0.15) is 0 Å². The second-order valence-corrected chi connectivity index (χ2v) is 6.03. The van der Waals surface area contributed by atoms with Crippen LogP contribution in [0.5, 0.6) is 0 Å². The van der Waals surface area contributed by atoms with Crippen LogP contribution in [0.2, 0.25) is 0 Å². The van der Waals surface area contributed by atoms with E-state index < -0.39 is 6.10 Å². The van der Waals surface area contributed by atoms with Crippen LogP contribution in [-0.4, -0.2) is 16.3 Å². The zero-order chi connectivity index (χ0) is 15.9. The van der Waals surface area contributed by atoms with Crippen LogP contribution in [0.3, 0.4) is 0 Å². The van der Waals surface area contributed by atoms with Crippen molar-refractivity contribution in [3.63, 3.8) is 0 Å². The van der Waals surface area contributed by atoms with Crippen molar-refractivity contribution in [2.45, 2.75) is 44.8 Å². The molecule has 0 saturated carbocycles. The monoisotopic (exact) mass is 298 g/mol. The van der Waals surface area contributed by atoms with E-state index in [1.807, 2.05) is 55.5 Å². The highest BCUT2D eigenvalue weighted by molar-refractivity contribution is 5.24. The van der Waals surface area contributed by atoms with Gasteiger partial charge in [-0.3, -0.25) is 0 Å². The highest BCUT2D eigenvalue weighted by Gasteiger charge is 2.29. The Bertz CT molecular complexity index is 536. The van der Waals surface area contributed by atoms with Gasteiger partial charge in [-0.15, -0.1) is 0 Å². The second-order valence-electron chi connectivity index (χ2n) is 6.03. The zero-order valence-corrected chi connectivity index (χ0v) is 13.4. The number of aliphatic hydroxyl groups excluding tert-OH is 2. The summed E-state index contributed by atoms with van der Waals surface area (Å²) in [5.41, 5.74) is 2.13. The SMILES string of the molecule is CCC(C(O)c1ccccc1)C(CC(C)O)c1ccccc1. The lowest BCUT2D eigenvalue weighted by atomic mass is 9.76. The van der Waals surface area contributed by atoms with Crippen LogP contribution in [0, 0.1) is 5.92 Å². The molecule has 0 amide bonds. The first kappa shape index (κ1) is 16.7. The van der Waals surface area contributed by atoms with Gasteiger partial charge in [0.15, 0.2) is 0 Å². The predicted octanol–water partition coefficient (Wildman–Crippen LogP) is 4.30. The van der Waals surface area contributed by atoms with E-state index in [9.17, 15) is 10.2 Å².